The molecule has 0 fully saturated rings. The van der Waals surface area contributed by atoms with Gasteiger partial charge in [-0.2, -0.15) is 0 Å². The lowest BCUT2D eigenvalue weighted by Crippen LogP contribution is -2.23. The molecule has 3 rings (SSSR count). The van der Waals surface area contributed by atoms with Crippen LogP contribution < -0.4 is 14.8 Å². The third-order valence-corrected chi connectivity index (χ3v) is 6.48. The number of hydrogen-bond donors (Lipinski definition) is 2. The van der Waals surface area contributed by atoms with Crippen LogP contribution in [0.2, 0.25) is 0 Å². The number of sulfonamides is 1. The molecule has 0 radical (unpaired) electrons. The number of ether oxygens (including phenoxy) is 1. The molecule has 10 heteroatoms. The average Bonchev–Trinajstić information content (AvgIpc) is 3.16. The van der Waals surface area contributed by atoms with Gasteiger partial charge in [0.2, 0.25) is 9.47 Å². The lowest BCUT2D eigenvalue weighted by molar-refractivity contribution is 0.102. The summed E-state index contributed by atoms with van der Waals surface area (Å²) in [5.41, 5.74) is 2.14. The van der Waals surface area contributed by atoms with Crippen LogP contribution in [-0.2, 0) is 16.6 Å². The zero-order valence-corrected chi connectivity index (χ0v) is 18.4. The van der Waals surface area contributed by atoms with Crippen molar-refractivity contribution >= 4 is 32.4 Å². The van der Waals surface area contributed by atoms with Crippen LogP contribution in [0.25, 0.3) is 0 Å². The Morgan fingerprint density at radius 2 is 1.90 bits per heavy atom. The van der Waals surface area contributed by atoms with Crippen molar-refractivity contribution in [1.29, 1.82) is 0 Å². The molecule has 0 saturated carbocycles. The van der Waals surface area contributed by atoms with Crippen LogP contribution in [-0.4, -0.2) is 30.6 Å². The largest absolute Gasteiger partial charge is 0.491 e. The fraction of sp³-hybridized carbons (Fsp3) is 0.250. The smallest absolute Gasteiger partial charge is 0.270 e. The first-order chi connectivity index (χ1) is 14.2. The third-order valence-electron chi connectivity index (χ3n) is 3.87. The van der Waals surface area contributed by atoms with E-state index in [0.29, 0.717) is 11.3 Å². The predicted molar refractivity (Wildman–Crippen MR) is 115 cm³/mol. The Hall–Kier alpha value is -2.82. The van der Waals surface area contributed by atoms with Gasteiger partial charge in [0.25, 0.3) is 15.9 Å². The lowest BCUT2D eigenvalue weighted by atomic mass is 10.1. The van der Waals surface area contributed by atoms with Gasteiger partial charge in [-0.3, -0.25) is 10.1 Å². The first kappa shape index (κ1) is 21.9. The Balaban J connectivity index is 1.65. The second-order valence-electron chi connectivity index (χ2n) is 6.84. The molecule has 1 aromatic heterocycles. The number of amides is 1. The monoisotopic (exact) mass is 446 g/mol. The first-order valence-corrected chi connectivity index (χ1v) is 11.5. The molecule has 0 aliphatic rings. The summed E-state index contributed by atoms with van der Waals surface area (Å²) in [5.74, 6) is 0.285. The molecule has 30 heavy (non-hydrogen) atoms. The molecule has 0 spiro atoms. The standard InChI is InChI=1S/C20H22N4O4S2/c1-13(2)28-17-9-5-7-15(11-17)12-21-30(26,27)20-24-23-19(29-20)22-18(25)16-8-4-6-14(3)10-16/h4-11,13,21H,12H2,1-3H3,(H,22,23,25). The number of nitrogens with zero attached hydrogens (tertiary/aromatic N) is 2. The van der Waals surface area contributed by atoms with Crippen molar-refractivity contribution in [1.82, 2.24) is 14.9 Å². The fourth-order valence-electron chi connectivity index (χ4n) is 2.57. The van der Waals surface area contributed by atoms with Gasteiger partial charge in [-0.05, 0) is 50.6 Å². The van der Waals surface area contributed by atoms with Crippen LogP contribution in [0.4, 0.5) is 5.13 Å². The van der Waals surface area contributed by atoms with Gasteiger partial charge >= 0.3 is 0 Å². The second-order valence-corrected chi connectivity index (χ2v) is 9.75. The van der Waals surface area contributed by atoms with Gasteiger partial charge < -0.3 is 4.74 Å². The maximum absolute atomic E-state index is 12.5. The minimum absolute atomic E-state index is 0.0202. The van der Waals surface area contributed by atoms with Gasteiger partial charge in [-0.1, -0.05) is 41.2 Å². The summed E-state index contributed by atoms with van der Waals surface area (Å²) in [4.78, 5) is 12.3. The van der Waals surface area contributed by atoms with Gasteiger partial charge in [-0.15, -0.1) is 10.2 Å². The van der Waals surface area contributed by atoms with E-state index in [1.54, 1.807) is 36.4 Å². The molecule has 1 heterocycles. The Morgan fingerprint density at radius 3 is 2.63 bits per heavy atom. The minimum atomic E-state index is -3.88. The molecule has 0 aliphatic carbocycles. The van der Waals surface area contributed by atoms with E-state index < -0.39 is 10.0 Å². The van der Waals surface area contributed by atoms with E-state index in [-0.39, 0.29) is 28.0 Å². The summed E-state index contributed by atoms with van der Waals surface area (Å²) in [6.45, 7) is 5.78. The number of rotatable bonds is 8. The van der Waals surface area contributed by atoms with Crippen LogP contribution in [0, 0.1) is 6.92 Å². The van der Waals surface area contributed by atoms with E-state index in [1.807, 2.05) is 32.9 Å². The van der Waals surface area contributed by atoms with E-state index >= 15 is 0 Å². The van der Waals surface area contributed by atoms with Gasteiger partial charge in [0.1, 0.15) is 5.75 Å². The van der Waals surface area contributed by atoms with E-state index in [9.17, 15) is 13.2 Å². The number of hydrogen-bond acceptors (Lipinski definition) is 7. The Kier molecular flexibility index (Phi) is 6.80. The van der Waals surface area contributed by atoms with E-state index in [1.165, 1.54) is 0 Å². The minimum Gasteiger partial charge on any atom is -0.491 e. The van der Waals surface area contributed by atoms with Crippen molar-refractivity contribution in [2.75, 3.05) is 5.32 Å². The molecule has 8 nitrogen and oxygen atoms in total. The lowest BCUT2D eigenvalue weighted by Gasteiger charge is -2.11. The summed E-state index contributed by atoms with van der Waals surface area (Å²) >= 11 is 0.784. The molecule has 0 saturated heterocycles. The molecule has 0 atom stereocenters. The summed E-state index contributed by atoms with van der Waals surface area (Å²) < 4.78 is 33.0. The van der Waals surface area contributed by atoms with Crippen molar-refractivity contribution in [3.8, 4) is 5.75 Å². The predicted octanol–water partition coefficient (Wildman–Crippen LogP) is 3.36. The van der Waals surface area contributed by atoms with Crippen molar-refractivity contribution in [3.05, 3.63) is 65.2 Å². The van der Waals surface area contributed by atoms with Crippen molar-refractivity contribution in [2.45, 2.75) is 37.8 Å². The number of aromatic nitrogens is 2. The third kappa shape index (κ3) is 5.85. The van der Waals surface area contributed by atoms with E-state index in [2.05, 4.69) is 20.2 Å². The zero-order chi connectivity index (χ0) is 21.7. The Bertz CT molecular complexity index is 1140. The SMILES string of the molecule is Cc1cccc(C(=O)Nc2nnc(S(=O)(=O)NCc3cccc(OC(C)C)c3)s2)c1. The topological polar surface area (TPSA) is 110 Å². The van der Waals surface area contributed by atoms with Crippen LogP contribution in [0.3, 0.4) is 0 Å². The van der Waals surface area contributed by atoms with Crippen LogP contribution in [0.15, 0.2) is 52.9 Å². The second kappa shape index (κ2) is 9.33. The molecule has 3 aromatic rings. The molecule has 0 bridgehead atoms. The highest BCUT2D eigenvalue weighted by molar-refractivity contribution is 7.91. The van der Waals surface area contributed by atoms with Crippen molar-refractivity contribution in [3.63, 3.8) is 0 Å². The van der Waals surface area contributed by atoms with Gasteiger partial charge in [0.05, 0.1) is 6.10 Å². The Labute approximate surface area is 179 Å². The maximum Gasteiger partial charge on any atom is 0.270 e. The molecule has 158 valence electrons. The summed E-state index contributed by atoms with van der Waals surface area (Å²) in [6.07, 6.45) is 0.0202. The molecule has 0 aliphatic heterocycles. The van der Waals surface area contributed by atoms with Crippen LogP contribution in [0.1, 0.15) is 35.3 Å². The number of anilines is 1. The molecule has 2 aromatic carbocycles. The van der Waals surface area contributed by atoms with E-state index in [0.717, 1.165) is 22.5 Å². The molecule has 0 unspecified atom stereocenters. The van der Waals surface area contributed by atoms with Gasteiger partial charge in [0, 0.05) is 12.1 Å². The number of aryl methyl sites for hydroxylation is 1. The maximum atomic E-state index is 12.5. The quantitative estimate of drug-likeness (QED) is 0.514. The highest BCUT2D eigenvalue weighted by Crippen LogP contribution is 2.21. The fourth-order valence-corrected chi connectivity index (χ4v) is 4.52. The van der Waals surface area contributed by atoms with Crippen LogP contribution >= 0.6 is 11.3 Å². The normalized spacial score (nSPS) is 11.5. The average molecular weight is 447 g/mol. The van der Waals surface area contributed by atoms with Gasteiger partial charge in [0.15, 0.2) is 0 Å². The summed E-state index contributed by atoms with van der Waals surface area (Å²) in [6, 6.07) is 14.2. The number of carbonyl (C=O) groups is 1. The first-order valence-electron chi connectivity index (χ1n) is 9.20. The van der Waals surface area contributed by atoms with Crippen LogP contribution in [0.5, 0.6) is 5.75 Å². The summed E-state index contributed by atoms with van der Waals surface area (Å²) in [5, 5.41) is 10.1. The van der Waals surface area contributed by atoms with E-state index in [4.69, 9.17) is 4.74 Å². The zero-order valence-electron chi connectivity index (χ0n) is 16.7. The van der Waals surface area contributed by atoms with Gasteiger partial charge in [-0.25, -0.2) is 13.1 Å². The summed E-state index contributed by atoms with van der Waals surface area (Å²) in [7, 11) is -3.88. The number of carbonyl (C=O) groups excluding carboxylic acids is 1. The molecular formula is C20H22N4O4S2. The number of nitrogens with one attached hydrogen (secondary N) is 2. The van der Waals surface area contributed by atoms with Crippen molar-refractivity contribution in [2.24, 2.45) is 0 Å². The molecule has 2 N–H and O–H groups in total. The highest BCUT2D eigenvalue weighted by Gasteiger charge is 2.21. The number of benzene rings is 2. The molecular weight excluding hydrogens is 424 g/mol. The molecule has 1 amide bonds. The van der Waals surface area contributed by atoms with Crippen molar-refractivity contribution < 1.29 is 17.9 Å². The highest BCUT2D eigenvalue weighted by atomic mass is 32.2. The Morgan fingerprint density at radius 1 is 1.13 bits per heavy atom.